The lowest BCUT2D eigenvalue weighted by Crippen LogP contribution is -2.14. The molecule has 0 N–H and O–H groups in total. The topological polar surface area (TPSA) is 36.9 Å². The zero-order valence-corrected chi connectivity index (χ0v) is 34.4. The fraction of sp³-hybridized carbons (Fsp3) is 0.319. The van der Waals surface area contributed by atoms with E-state index in [-0.39, 0.29) is 10.8 Å². The smallest absolute Gasteiger partial charge is 0.180 e. The minimum absolute atomic E-state index is 0.0946. The maximum absolute atomic E-state index is 6.22. The van der Waals surface area contributed by atoms with Crippen LogP contribution in [-0.4, -0.2) is 26.9 Å². The molecule has 4 nitrogen and oxygen atoms in total. The minimum atomic E-state index is 0.0946. The van der Waals surface area contributed by atoms with Crippen molar-refractivity contribution in [3.05, 3.63) is 108 Å². The van der Waals surface area contributed by atoms with Crippen LogP contribution in [0, 0.1) is 0 Å². The van der Waals surface area contributed by atoms with E-state index in [0.717, 1.165) is 75.9 Å². The van der Waals surface area contributed by atoms with Crippen LogP contribution in [0.15, 0.2) is 97.1 Å². The van der Waals surface area contributed by atoms with Gasteiger partial charge in [-0.15, -0.1) is 22.7 Å². The number of hydrogen-bond donors (Lipinski definition) is 0. The molecule has 2 aromatic heterocycles. The van der Waals surface area contributed by atoms with Gasteiger partial charge in [0.25, 0.3) is 0 Å². The number of methoxy groups -OCH3 is 1. The molecule has 0 saturated heterocycles. The van der Waals surface area contributed by atoms with Crippen LogP contribution in [-0.2, 0) is 10.8 Å². The van der Waals surface area contributed by atoms with E-state index in [1.807, 2.05) is 20.8 Å². The fourth-order valence-electron chi connectivity index (χ4n) is 6.44. The average Bonchev–Trinajstić information content (AvgIpc) is 3.74. The Bertz CT molecular complexity index is 2120. The predicted octanol–water partition coefficient (Wildman–Crippen LogP) is 13.9. The first-order chi connectivity index (χ1) is 25.5. The molecule has 0 aliphatic carbocycles. The molecule has 0 unspecified atom stereocenters. The second kappa shape index (κ2) is 15.8. The van der Waals surface area contributed by atoms with Crippen molar-refractivity contribution in [1.29, 1.82) is 0 Å². The quantitative estimate of drug-likeness (QED) is 0.155. The summed E-state index contributed by atoms with van der Waals surface area (Å²) < 4.78 is 24.6. The van der Waals surface area contributed by atoms with Crippen molar-refractivity contribution in [3.8, 4) is 75.9 Å². The molecule has 3 heterocycles. The summed E-state index contributed by atoms with van der Waals surface area (Å²) in [7, 11) is 1.73. The maximum Gasteiger partial charge on any atom is 0.180 e. The number of benzene rings is 4. The maximum atomic E-state index is 6.22. The minimum Gasteiger partial charge on any atom is -0.491 e. The second-order valence-corrected chi connectivity index (χ2v) is 17.0. The summed E-state index contributed by atoms with van der Waals surface area (Å²) in [5, 5.41) is 0. The highest BCUT2D eigenvalue weighted by Gasteiger charge is 2.27. The van der Waals surface area contributed by atoms with Crippen LogP contribution in [0.1, 0.15) is 73.4 Å². The third-order valence-corrected chi connectivity index (χ3v) is 11.9. The van der Waals surface area contributed by atoms with E-state index in [1.165, 1.54) is 11.1 Å². The third-order valence-electron chi connectivity index (χ3n) is 9.37. The summed E-state index contributed by atoms with van der Waals surface area (Å²) >= 11 is 3.45. The summed E-state index contributed by atoms with van der Waals surface area (Å²) in [6.45, 7) is 21.1. The monoisotopic (exact) mass is 744 g/mol. The fourth-order valence-corrected chi connectivity index (χ4v) is 8.87. The molecule has 0 amide bonds. The first kappa shape index (κ1) is 38.2. The van der Waals surface area contributed by atoms with Crippen molar-refractivity contribution in [2.75, 3.05) is 26.9 Å². The molecule has 7 rings (SSSR count). The molecule has 0 bridgehead atoms. The molecular formula is C47H52O4S2. The third kappa shape index (κ3) is 7.90. The number of hydrogen-bond acceptors (Lipinski definition) is 6. The van der Waals surface area contributed by atoms with Crippen molar-refractivity contribution >= 4 is 22.7 Å². The van der Waals surface area contributed by atoms with Gasteiger partial charge >= 0.3 is 0 Å². The molecule has 0 fully saturated rings. The van der Waals surface area contributed by atoms with Gasteiger partial charge < -0.3 is 18.9 Å². The van der Waals surface area contributed by atoms with E-state index in [4.69, 9.17) is 18.9 Å². The van der Waals surface area contributed by atoms with E-state index < -0.39 is 0 Å². The van der Waals surface area contributed by atoms with Gasteiger partial charge in [0.1, 0.15) is 13.2 Å². The van der Waals surface area contributed by atoms with Gasteiger partial charge in [-0.25, -0.2) is 0 Å². The van der Waals surface area contributed by atoms with Crippen molar-refractivity contribution in [3.63, 3.8) is 0 Å². The Balaban J connectivity index is 0.00000236. The summed E-state index contributed by atoms with van der Waals surface area (Å²) in [5.41, 5.74) is 9.62. The summed E-state index contributed by atoms with van der Waals surface area (Å²) in [6.07, 6.45) is 0. The number of fused-ring (bicyclic) bond motifs is 1. The first-order valence-electron chi connectivity index (χ1n) is 18.6. The molecule has 6 heteroatoms. The Labute approximate surface area is 324 Å². The molecule has 1 aliphatic rings. The van der Waals surface area contributed by atoms with Crippen molar-refractivity contribution in [1.82, 2.24) is 0 Å². The Morgan fingerprint density at radius 2 is 0.811 bits per heavy atom. The van der Waals surface area contributed by atoms with Crippen LogP contribution in [0.2, 0.25) is 0 Å². The Morgan fingerprint density at radius 1 is 0.491 bits per heavy atom. The van der Waals surface area contributed by atoms with E-state index in [2.05, 4.69) is 139 Å². The Kier molecular flexibility index (Phi) is 11.4. The zero-order chi connectivity index (χ0) is 37.9. The second-order valence-electron chi connectivity index (χ2n) is 15.0. The molecule has 6 aromatic rings. The normalized spacial score (nSPS) is 12.6. The molecular weight excluding hydrogens is 693 g/mol. The van der Waals surface area contributed by atoms with E-state index in [0.29, 0.717) is 19.8 Å². The lowest BCUT2D eigenvalue weighted by atomic mass is 9.86. The van der Waals surface area contributed by atoms with Gasteiger partial charge in [0, 0.05) is 0 Å². The largest absolute Gasteiger partial charge is 0.491 e. The van der Waals surface area contributed by atoms with Gasteiger partial charge in [-0.3, -0.25) is 0 Å². The summed E-state index contributed by atoms with van der Waals surface area (Å²) in [4.78, 5) is 4.35. The first-order valence-corrected chi connectivity index (χ1v) is 20.3. The van der Waals surface area contributed by atoms with Gasteiger partial charge in [0.15, 0.2) is 23.0 Å². The molecule has 53 heavy (non-hydrogen) atoms. The van der Waals surface area contributed by atoms with Gasteiger partial charge in [0.05, 0.1) is 33.2 Å². The van der Waals surface area contributed by atoms with Crippen molar-refractivity contribution in [2.24, 2.45) is 0 Å². The van der Waals surface area contributed by atoms with E-state index in [9.17, 15) is 0 Å². The predicted molar refractivity (Wildman–Crippen MR) is 227 cm³/mol. The standard InChI is InChI=1S/C45H46O4S2.C2H6/c1-9-47-37-36(46-8)40(50-41(37)32-18-22-34(23-19-32)44(2,3)4)30-14-10-28(11-15-30)29-12-16-31(17-13-29)42-38-39(49-27-26-48-38)43(51-42)33-20-24-35(25-21-33)45(5,6)7;1-2/h10-25H,9,26-27H2,1-8H3;1-2H3. The van der Waals surface area contributed by atoms with Gasteiger partial charge in [0.2, 0.25) is 0 Å². The molecule has 0 spiro atoms. The van der Waals surface area contributed by atoms with Crippen LogP contribution in [0.4, 0.5) is 0 Å². The Hall–Kier alpha value is -4.52. The molecule has 0 atom stereocenters. The number of thiophene rings is 2. The van der Waals surface area contributed by atoms with Gasteiger partial charge in [-0.1, -0.05) is 152 Å². The molecule has 1 aliphatic heterocycles. The molecule has 0 radical (unpaired) electrons. The Morgan fingerprint density at radius 3 is 1.17 bits per heavy atom. The number of ether oxygens (including phenoxy) is 4. The molecule has 0 saturated carbocycles. The number of rotatable bonds is 8. The SMILES string of the molecule is CC.CCOc1c(-c2ccc(C(C)(C)C)cc2)sc(-c2ccc(-c3ccc(-c4sc(-c5ccc(C(C)(C)C)cc5)c5c4OCCO5)cc3)cc2)c1OC. The van der Waals surface area contributed by atoms with Crippen LogP contribution < -0.4 is 18.9 Å². The lowest BCUT2D eigenvalue weighted by molar-refractivity contribution is 0.175. The van der Waals surface area contributed by atoms with Gasteiger partial charge in [-0.2, -0.15) is 0 Å². The highest BCUT2D eigenvalue weighted by atomic mass is 32.1. The van der Waals surface area contributed by atoms with E-state index >= 15 is 0 Å². The van der Waals surface area contributed by atoms with E-state index in [1.54, 1.807) is 29.8 Å². The average molecular weight is 745 g/mol. The van der Waals surface area contributed by atoms with Crippen LogP contribution in [0.5, 0.6) is 23.0 Å². The van der Waals surface area contributed by atoms with Gasteiger partial charge in [-0.05, 0) is 62.3 Å². The van der Waals surface area contributed by atoms with Crippen molar-refractivity contribution in [2.45, 2.75) is 73.1 Å². The highest BCUT2D eigenvalue weighted by molar-refractivity contribution is 7.20. The lowest BCUT2D eigenvalue weighted by Gasteiger charge is -2.19. The summed E-state index contributed by atoms with van der Waals surface area (Å²) in [6, 6.07) is 35.2. The molecule has 4 aromatic carbocycles. The van der Waals surface area contributed by atoms with Crippen LogP contribution in [0.3, 0.4) is 0 Å². The van der Waals surface area contributed by atoms with Crippen LogP contribution >= 0.6 is 22.7 Å². The summed E-state index contributed by atoms with van der Waals surface area (Å²) in [5.74, 6) is 3.28. The van der Waals surface area contributed by atoms with Crippen molar-refractivity contribution < 1.29 is 18.9 Å². The van der Waals surface area contributed by atoms with Crippen LogP contribution in [0.25, 0.3) is 52.9 Å². The molecule has 276 valence electrons. The zero-order valence-electron chi connectivity index (χ0n) is 32.8. The highest BCUT2D eigenvalue weighted by Crippen LogP contribution is 2.55.